The second-order valence-electron chi connectivity index (χ2n) is 8.51. The van der Waals surface area contributed by atoms with Crippen molar-refractivity contribution in [3.8, 4) is 11.1 Å². The van der Waals surface area contributed by atoms with Crippen molar-refractivity contribution < 1.29 is 4.79 Å². The highest BCUT2D eigenvalue weighted by molar-refractivity contribution is 7.35. The molecule has 30 heavy (non-hydrogen) atoms. The number of rotatable bonds is 16. The normalized spacial score (nSPS) is 11.4. The average molecular weight is 447 g/mol. The Morgan fingerprint density at radius 1 is 0.767 bits per heavy atom. The Kier molecular flexibility index (Phi) is 12.5. The summed E-state index contributed by atoms with van der Waals surface area (Å²) in [7, 11) is 0.460. The lowest BCUT2D eigenvalue weighted by atomic mass is 9.94. The van der Waals surface area contributed by atoms with E-state index in [4.69, 9.17) is 11.6 Å². The van der Waals surface area contributed by atoms with E-state index in [2.05, 4.69) is 38.1 Å². The van der Waals surface area contributed by atoms with Gasteiger partial charge < -0.3 is 0 Å². The van der Waals surface area contributed by atoms with Gasteiger partial charge in [0, 0.05) is 5.56 Å². The molecule has 1 aromatic heterocycles. The van der Waals surface area contributed by atoms with E-state index in [1.54, 1.807) is 0 Å². The molecule has 2 aromatic rings. The van der Waals surface area contributed by atoms with Crippen LogP contribution in [0.5, 0.6) is 0 Å². The Morgan fingerprint density at radius 3 is 1.87 bits per heavy atom. The first kappa shape index (κ1) is 25.2. The number of carbonyl (C=O) groups is 1. The fourth-order valence-corrected chi connectivity index (χ4v) is 6.07. The molecule has 0 aliphatic carbocycles. The van der Waals surface area contributed by atoms with Gasteiger partial charge in [-0.1, -0.05) is 108 Å². The summed E-state index contributed by atoms with van der Waals surface area (Å²) in [5.41, 5.74) is 3.75. The van der Waals surface area contributed by atoms with Crippen LogP contribution in [0.1, 0.15) is 112 Å². The van der Waals surface area contributed by atoms with Crippen LogP contribution in [0, 0.1) is 0 Å². The van der Waals surface area contributed by atoms with Gasteiger partial charge in [-0.15, -0.1) is 8.19 Å². The maximum atomic E-state index is 12.3. The molecule has 166 valence electrons. The van der Waals surface area contributed by atoms with E-state index >= 15 is 0 Å². The van der Waals surface area contributed by atoms with Gasteiger partial charge in [0.05, 0.1) is 5.30 Å². The summed E-state index contributed by atoms with van der Waals surface area (Å²) < 4.78 is 0. The minimum Gasteiger partial charge on any atom is -0.275 e. The van der Waals surface area contributed by atoms with Gasteiger partial charge in [0.2, 0.25) is 0 Å². The first-order valence-electron chi connectivity index (χ1n) is 12.2. The largest absolute Gasteiger partial charge is 0.275 e. The molecule has 0 radical (unpaired) electrons. The lowest BCUT2D eigenvalue weighted by Crippen LogP contribution is -1.95. The van der Waals surface area contributed by atoms with E-state index in [1.807, 2.05) is 6.07 Å². The van der Waals surface area contributed by atoms with Crippen LogP contribution in [-0.2, 0) is 12.8 Å². The Labute approximate surface area is 191 Å². The second-order valence-corrected chi connectivity index (χ2v) is 10.2. The summed E-state index contributed by atoms with van der Waals surface area (Å²) in [4.78, 5) is 12.3. The van der Waals surface area contributed by atoms with Gasteiger partial charge >= 0.3 is 0 Å². The predicted molar refractivity (Wildman–Crippen MR) is 136 cm³/mol. The molecule has 0 bridgehead atoms. The van der Waals surface area contributed by atoms with E-state index in [1.165, 1.54) is 87.9 Å². The SMILES string of the molecule is CCCCCCCCc1[pH]c(C(=O)Cl)c(-c2ccccc2)c1CCCCCCCC. The molecule has 1 atom stereocenters. The van der Waals surface area contributed by atoms with Crippen LogP contribution in [-0.4, -0.2) is 5.24 Å². The number of aryl methyl sites for hydroxylation is 1. The minimum absolute atomic E-state index is 0.259. The van der Waals surface area contributed by atoms with Crippen LogP contribution in [0.3, 0.4) is 0 Å². The highest BCUT2D eigenvalue weighted by Gasteiger charge is 2.21. The summed E-state index contributed by atoms with van der Waals surface area (Å²) in [6.07, 6.45) is 17.8. The Bertz CT molecular complexity index is 735. The molecule has 1 unspecified atom stereocenters. The van der Waals surface area contributed by atoms with Crippen LogP contribution in [0.2, 0.25) is 0 Å². The molecule has 1 nitrogen and oxygen atoms in total. The molecular weight excluding hydrogens is 407 g/mol. The van der Waals surface area contributed by atoms with Gasteiger partial charge in [0.25, 0.3) is 5.24 Å². The Balaban J connectivity index is 2.16. The molecule has 0 fully saturated rings. The lowest BCUT2D eigenvalue weighted by Gasteiger charge is -2.10. The third-order valence-electron chi connectivity index (χ3n) is 6.01. The van der Waals surface area contributed by atoms with Crippen molar-refractivity contribution in [3.05, 3.63) is 46.5 Å². The summed E-state index contributed by atoms with van der Waals surface area (Å²) in [6.45, 7) is 4.53. The van der Waals surface area contributed by atoms with Crippen LogP contribution in [0.15, 0.2) is 30.3 Å². The zero-order valence-corrected chi connectivity index (χ0v) is 20.8. The van der Waals surface area contributed by atoms with E-state index in [9.17, 15) is 4.79 Å². The van der Waals surface area contributed by atoms with Gasteiger partial charge in [-0.3, -0.25) is 4.79 Å². The standard InChI is InChI=1S/C27H40ClOP/c1-3-5-7-9-11-16-20-23-24(21-17-12-10-8-6-4-2)30-26(27(28)29)25(23)22-18-14-13-15-19-22/h13-15,18-19,30H,3-12,16-17,20-21H2,1-2H3. The smallest absolute Gasteiger partial charge is 0.256 e. The van der Waals surface area contributed by atoms with Crippen molar-refractivity contribution in [2.24, 2.45) is 0 Å². The fourth-order valence-electron chi connectivity index (χ4n) is 4.31. The maximum Gasteiger partial charge on any atom is 0.256 e. The van der Waals surface area contributed by atoms with E-state index in [0.29, 0.717) is 8.19 Å². The fraction of sp³-hybridized carbons (Fsp3) is 0.593. The molecule has 1 aromatic carbocycles. The third-order valence-corrected chi connectivity index (χ3v) is 7.94. The number of hydrogen-bond donors (Lipinski definition) is 0. The van der Waals surface area contributed by atoms with Crippen molar-refractivity contribution in [2.45, 2.75) is 104 Å². The maximum absolute atomic E-state index is 12.3. The molecule has 2 rings (SSSR count). The van der Waals surface area contributed by atoms with Gasteiger partial charge in [-0.2, -0.15) is 0 Å². The van der Waals surface area contributed by atoms with Crippen molar-refractivity contribution in [1.29, 1.82) is 0 Å². The molecule has 0 spiro atoms. The van der Waals surface area contributed by atoms with Crippen LogP contribution in [0.25, 0.3) is 11.1 Å². The summed E-state index contributed by atoms with van der Waals surface area (Å²) in [6, 6.07) is 10.4. The number of benzene rings is 1. The van der Waals surface area contributed by atoms with E-state index in [-0.39, 0.29) is 5.24 Å². The van der Waals surface area contributed by atoms with Gasteiger partial charge in [-0.05, 0) is 53.7 Å². The van der Waals surface area contributed by atoms with Crippen molar-refractivity contribution in [1.82, 2.24) is 0 Å². The zero-order chi connectivity index (χ0) is 21.6. The molecule has 0 aliphatic rings. The first-order valence-corrected chi connectivity index (χ1v) is 13.6. The Hall–Kier alpha value is -1.04. The minimum atomic E-state index is -0.259. The third kappa shape index (κ3) is 8.24. The van der Waals surface area contributed by atoms with Crippen LogP contribution in [0.4, 0.5) is 0 Å². The Morgan fingerprint density at radius 2 is 1.30 bits per heavy atom. The molecule has 1 heterocycles. The number of unbranched alkanes of at least 4 members (excludes halogenated alkanes) is 10. The highest BCUT2D eigenvalue weighted by Crippen LogP contribution is 2.42. The van der Waals surface area contributed by atoms with Crippen molar-refractivity contribution in [3.63, 3.8) is 0 Å². The number of halogens is 1. The first-order chi connectivity index (χ1) is 14.7. The molecular formula is C27H40ClOP. The van der Waals surface area contributed by atoms with Gasteiger partial charge in [0.15, 0.2) is 0 Å². The molecule has 0 saturated carbocycles. The lowest BCUT2D eigenvalue weighted by molar-refractivity contribution is 0.108. The van der Waals surface area contributed by atoms with Crippen LogP contribution >= 0.6 is 19.8 Å². The second kappa shape index (κ2) is 14.9. The summed E-state index contributed by atoms with van der Waals surface area (Å²) in [5.74, 6) is 0. The van der Waals surface area contributed by atoms with Gasteiger partial charge in [0.1, 0.15) is 0 Å². The summed E-state index contributed by atoms with van der Waals surface area (Å²) >= 11 is 6.08. The zero-order valence-electron chi connectivity index (χ0n) is 19.1. The molecule has 0 aliphatic heterocycles. The van der Waals surface area contributed by atoms with Gasteiger partial charge in [-0.25, -0.2) is 0 Å². The number of carbonyl (C=O) groups excluding carboxylic acids is 1. The predicted octanol–water partition coefficient (Wildman–Crippen LogP) is 9.57. The van der Waals surface area contributed by atoms with E-state index < -0.39 is 0 Å². The molecule has 0 saturated heterocycles. The monoisotopic (exact) mass is 446 g/mol. The van der Waals surface area contributed by atoms with Crippen LogP contribution < -0.4 is 0 Å². The highest BCUT2D eigenvalue weighted by atomic mass is 35.5. The topological polar surface area (TPSA) is 17.1 Å². The summed E-state index contributed by atoms with van der Waals surface area (Å²) in [5, 5.41) is 2.09. The molecule has 0 N–H and O–H groups in total. The average Bonchev–Trinajstić information content (AvgIpc) is 3.12. The van der Waals surface area contributed by atoms with E-state index in [0.717, 1.165) is 29.3 Å². The van der Waals surface area contributed by atoms with Crippen molar-refractivity contribution >= 4 is 25.0 Å². The quantitative estimate of drug-likeness (QED) is 0.185. The molecule has 3 heteroatoms. The van der Waals surface area contributed by atoms with Crippen molar-refractivity contribution in [2.75, 3.05) is 0 Å². The molecule has 0 amide bonds. The number of hydrogen-bond acceptors (Lipinski definition) is 1.